The highest BCUT2D eigenvalue weighted by molar-refractivity contribution is 6.34. The summed E-state index contributed by atoms with van der Waals surface area (Å²) in [5.41, 5.74) is 3.88. The smallest absolute Gasteiger partial charge is 0.340 e. The van der Waals surface area contributed by atoms with Crippen molar-refractivity contribution >= 4 is 40.5 Å². The summed E-state index contributed by atoms with van der Waals surface area (Å²) < 4.78 is 10.8. The van der Waals surface area contributed by atoms with Gasteiger partial charge in [-0.2, -0.15) is 0 Å². The third-order valence-electron chi connectivity index (χ3n) is 6.95. The molecule has 0 aliphatic heterocycles. The first kappa shape index (κ1) is 25.2. The molecule has 5 rings (SSSR count). The van der Waals surface area contributed by atoms with E-state index in [1.807, 2.05) is 24.3 Å². The van der Waals surface area contributed by atoms with Gasteiger partial charge in [0.2, 0.25) is 0 Å². The Hall–Kier alpha value is -3.51. The SMILES string of the molecule is COC(=O)c1cc(OC2CC2)ccc1Nc1cccc(C(=O)Nc2ccc(C3CCCCC3)cc2Cl)c1. The van der Waals surface area contributed by atoms with Crippen molar-refractivity contribution in [3.05, 3.63) is 82.4 Å². The lowest BCUT2D eigenvalue weighted by atomic mass is 9.84. The molecule has 2 saturated carbocycles. The van der Waals surface area contributed by atoms with Gasteiger partial charge >= 0.3 is 5.97 Å². The van der Waals surface area contributed by atoms with Crippen LogP contribution in [0.3, 0.4) is 0 Å². The molecule has 37 heavy (non-hydrogen) atoms. The molecule has 2 aliphatic rings. The number of carbonyl (C=O) groups excluding carboxylic acids is 2. The summed E-state index contributed by atoms with van der Waals surface area (Å²) in [7, 11) is 1.35. The third kappa shape index (κ3) is 6.25. The number of amides is 1. The quantitative estimate of drug-likeness (QED) is 0.298. The second-order valence-corrected chi connectivity index (χ2v) is 10.2. The monoisotopic (exact) mass is 518 g/mol. The molecule has 0 radical (unpaired) electrons. The average Bonchev–Trinajstić information content (AvgIpc) is 3.75. The first-order chi connectivity index (χ1) is 18.0. The van der Waals surface area contributed by atoms with Crippen LogP contribution in [0.1, 0.15) is 77.1 Å². The Morgan fingerprint density at radius 2 is 1.68 bits per heavy atom. The topological polar surface area (TPSA) is 76.7 Å². The Bertz CT molecular complexity index is 1300. The summed E-state index contributed by atoms with van der Waals surface area (Å²) in [5, 5.41) is 6.71. The van der Waals surface area contributed by atoms with Gasteiger partial charge in [-0.25, -0.2) is 4.79 Å². The lowest BCUT2D eigenvalue weighted by Gasteiger charge is -2.22. The lowest BCUT2D eigenvalue weighted by molar-refractivity contribution is 0.0601. The number of carbonyl (C=O) groups is 2. The maximum atomic E-state index is 13.0. The van der Waals surface area contributed by atoms with E-state index < -0.39 is 5.97 Å². The van der Waals surface area contributed by atoms with Crippen LogP contribution in [0.25, 0.3) is 0 Å². The Labute approximate surface area is 222 Å². The van der Waals surface area contributed by atoms with Gasteiger partial charge in [0.15, 0.2) is 0 Å². The molecule has 0 heterocycles. The molecule has 0 atom stereocenters. The highest BCUT2D eigenvalue weighted by atomic mass is 35.5. The average molecular weight is 519 g/mol. The van der Waals surface area contributed by atoms with E-state index in [0.29, 0.717) is 44.9 Å². The fourth-order valence-corrected chi connectivity index (χ4v) is 5.01. The second kappa shape index (κ2) is 11.3. The van der Waals surface area contributed by atoms with Gasteiger partial charge in [-0.3, -0.25) is 4.79 Å². The van der Waals surface area contributed by atoms with Gasteiger partial charge in [-0.05, 0) is 85.7 Å². The van der Waals surface area contributed by atoms with Crippen LogP contribution in [0.5, 0.6) is 5.75 Å². The fraction of sp³-hybridized carbons (Fsp3) is 0.333. The van der Waals surface area contributed by atoms with Crippen molar-refractivity contribution in [1.82, 2.24) is 0 Å². The van der Waals surface area contributed by atoms with Crippen molar-refractivity contribution < 1.29 is 19.1 Å². The largest absolute Gasteiger partial charge is 0.490 e. The van der Waals surface area contributed by atoms with Gasteiger partial charge < -0.3 is 20.1 Å². The molecular weight excluding hydrogens is 488 g/mol. The first-order valence-electron chi connectivity index (χ1n) is 12.9. The molecule has 2 N–H and O–H groups in total. The molecule has 192 valence electrons. The highest BCUT2D eigenvalue weighted by Crippen LogP contribution is 2.36. The van der Waals surface area contributed by atoms with Crippen LogP contribution in [0.15, 0.2) is 60.7 Å². The van der Waals surface area contributed by atoms with Crippen LogP contribution in [0.2, 0.25) is 5.02 Å². The number of ether oxygens (including phenoxy) is 2. The molecule has 0 aromatic heterocycles. The van der Waals surface area contributed by atoms with E-state index in [0.717, 1.165) is 12.8 Å². The second-order valence-electron chi connectivity index (χ2n) is 9.75. The third-order valence-corrected chi connectivity index (χ3v) is 7.26. The summed E-state index contributed by atoms with van der Waals surface area (Å²) in [4.78, 5) is 25.5. The number of methoxy groups -OCH3 is 1. The zero-order chi connectivity index (χ0) is 25.8. The molecule has 3 aromatic rings. The first-order valence-corrected chi connectivity index (χ1v) is 13.2. The summed E-state index contributed by atoms with van der Waals surface area (Å²) in [5.74, 6) is 0.442. The van der Waals surface area contributed by atoms with E-state index in [9.17, 15) is 9.59 Å². The minimum Gasteiger partial charge on any atom is -0.490 e. The Morgan fingerprint density at radius 1 is 0.892 bits per heavy atom. The zero-order valence-corrected chi connectivity index (χ0v) is 21.6. The molecule has 0 bridgehead atoms. The Morgan fingerprint density at radius 3 is 2.41 bits per heavy atom. The highest BCUT2D eigenvalue weighted by Gasteiger charge is 2.24. The van der Waals surface area contributed by atoms with Gasteiger partial charge in [-0.15, -0.1) is 0 Å². The van der Waals surface area contributed by atoms with Gasteiger partial charge in [-0.1, -0.05) is 43.0 Å². The van der Waals surface area contributed by atoms with E-state index in [-0.39, 0.29) is 12.0 Å². The summed E-state index contributed by atoms with van der Waals surface area (Å²) in [6.45, 7) is 0. The van der Waals surface area contributed by atoms with Crippen LogP contribution in [0, 0.1) is 0 Å². The Balaban J connectivity index is 1.30. The number of anilines is 3. The number of benzene rings is 3. The summed E-state index contributed by atoms with van der Waals surface area (Å²) >= 11 is 6.55. The van der Waals surface area contributed by atoms with E-state index in [2.05, 4.69) is 16.7 Å². The van der Waals surface area contributed by atoms with Gasteiger partial charge in [0.05, 0.1) is 35.2 Å². The maximum Gasteiger partial charge on any atom is 0.340 e. The molecule has 6 nitrogen and oxygen atoms in total. The molecule has 0 saturated heterocycles. The predicted octanol–water partition coefficient (Wildman–Crippen LogP) is 7.71. The van der Waals surface area contributed by atoms with Gasteiger partial charge in [0.25, 0.3) is 5.91 Å². The molecular formula is C30H31ClN2O4. The number of rotatable bonds is 8. The molecule has 7 heteroatoms. The number of esters is 1. The summed E-state index contributed by atoms with van der Waals surface area (Å²) in [6.07, 6.45) is 8.46. The number of hydrogen-bond donors (Lipinski definition) is 2. The molecule has 0 spiro atoms. The van der Waals surface area contributed by atoms with Crippen LogP contribution < -0.4 is 15.4 Å². The normalized spacial score (nSPS) is 15.6. The van der Waals surface area contributed by atoms with Crippen molar-refractivity contribution in [3.8, 4) is 5.75 Å². The van der Waals surface area contributed by atoms with Crippen molar-refractivity contribution in [3.63, 3.8) is 0 Å². The molecule has 2 fully saturated rings. The van der Waals surface area contributed by atoms with Gasteiger partial charge in [0.1, 0.15) is 5.75 Å². The van der Waals surface area contributed by atoms with Gasteiger partial charge in [0, 0.05) is 11.3 Å². The minimum atomic E-state index is -0.469. The van der Waals surface area contributed by atoms with E-state index in [1.165, 1.54) is 44.8 Å². The number of halogens is 1. The molecule has 1 amide bonds. The zero-order valence-electron chi connectivity index (χ0n) is 20.9. The molecule has 3 aromatic carbocycles. The van der Waals surface area contributed by atoms with E-state index >= 15 is 0 Å². The minimum absolute atomic E-state index is 0.219. The van der Waals surface area contributed by atoms with Crippen LogP contribution >= 0.6 is 11.6 Å². The van der Waals surface area contributed by atoms with Crippen molar-refractivity contribution in [2.45, 2.75) is 57.0 Å². The maximum absolute atomic E-state index is 13.0. The molecule has 0 unspecified atom stereocenters. The molecule has 2 aliphatic carbocycles. The summed E-state index contributed by atoms with van der Waals surface area (Å²) in [6, 6.07) is 18.3. The Kier molecular flexibility index (Phi) is 7.65. The van der Waals surface area contributed by atoms with E-state index in [1.54, 1.807) is 30.3 Å². The lowest BCUT2D eigenvalue weighted by Crippen LogP contribution is -2.13. The van der Waals surface area contributed by atoms with Crippen LogP contribution in [0.4, 0.5) is 17.1 Å². The standard InChI is InChI=1S/C30H31ClN2O4/c1-36-30(35)25-18-24(37-23-11-12-23)13-15-27(25)32-22-9-5-8-21(16-22)29(34)33-28-14-10-20(17-26(28)31)19-6-3-2-4-7-19/h5,8-10,13-19,23,32H,2-4,6-7,11-12H2,1H3,(H,33,34). The number of hydrogen-bond acceptors (Lipinski definition) is 5. The van der Waals surface area contributed by atoms with Crippen molar-refractivity contribution in [2.24, 2.45) is 0 Å². The van der Waals surface area contributed by atoms with Crippen molar-refractivity contribution in [1.29, 1.82) is 0 Å². The van der Waals surface area contributed by atoms with Crippen LogP contribution in [-0.2, 0) is 4.74 Å². The number of nitrogens with one attached hydrogen (secondary N) is 2. The van der Waals surface area contributed by atoms with Crippen LogP contribution in [-0.4, -0.2) is 25.1 Å². The van der Waals surface area contributed by atoms with Crippen molar-refractivity contribution in [2.75, 3.05) is 17.7 Å². The predicted molar refractivity (Wildman–Crippen MR) is 146 cm³/mol. The van der Waals surface area contributed by atoms with E-state index in [4.69, 9.17) is 21.1 Å². The fourth-order valence-electron chi connectivity index (χ4n) is 4.77.